The van der Waals surface area contributed by atoms with Crippen LogP contribution in [0.15, 0.2) is 34.8 Å². The summed E-state index contributed by atoms with van der Waals surface area (Å²) in [5, 5.41) is 20.7. The van der Waals surface area contributed by atoms with Crippen molar-refractivity contribution in [1.29, 1.82) is 0 Å². The highest BCUT2D eigenvalue weighted by molar-refractivity contribution is 9.10. The van der Waals surface area contributed by atoms with E-state index in [1.165, 1.54) is 0 Å². The minimum Gasteiger partial charge on any atom is -0.508 e. The molecule has 0 fully saturated rings. The van der Waals surface area contributed by atoms with E-state index in [9.17, 15) is 23.8 Å². The molecule has 0 unspecified atom stereocenters. The molecule has 0 bridgehead atoms. The van der Waals surface area contributed by atoms with Gasteiger partial charge in [-0.15, -0.1) is 0 Å². The van der Waals surface area contributed by atoms with E-state index in [4.69, 9.17) is 0 Å². The molecular formula is C13H8BrF2NO3. The summed E-state index contributed by atoms with van der Waals surface area (Å²) in [6, 6.07) is 4.91. The van der Waals surface area contributed by atoms with Crippen molar-refractivity contribution in [2.75, 3.05) is 5.32 Å². The molecule has 0 aliphatic rings. The Bertz CT molecular complexity index is 671. The first kappa shape index (κ1) is 14.3. The molecule has 20 heavy (non-hydrogen) atoms. The highest BCUT2D eigenvalue weighted by atomic mass is 79.9. The van der Waals surface area contributed by atoms with Crippen molar-refractivity contribution in [3.63, 3.8) is 0 Å². The predicted octanol–water partition coefficient (Wildman–Crippen LogP) is 3.39. The Morgan fingerprint density at radius 3 is 2.20 bits per heavy atom. The van der Waals surface area contributed by atoms with Crippen molar-refractivity contribution < 1.29 is 23.8 Å². The van der Waals surface area contributed by atoms with Gasteiger partial charge in [0.2, 0.25) is 0 Å². The van der Waals surface area contributed by atoms with Gasteiger partial charge in [0.1, 0.15) is 23.1 Å². The largest absolute Gasteiger partial charge is 0.508 e. The van der Waals surface area contributed by atoms with Gasteiger partial charge in [0.05, 0.1) is 10.2 Å². The highest BCUT2D eigenvalue weighted by Gasteiger charge is 2.13. The number of halogens is 3. The maximum absolute atomic E-state index is 13.6. The third-order valence-electron chi connectivity index (χ3n) is 2.42. The number of aromatic hydroxyl groups is 2. The smallest absolute Gasteiger partial charge is 0.256 e. The van der Waals surface area contributed by atoms with Gasteiger partial charge in [0.15, 0.2) is 0 Å². The second kappa shape index (κ2) is 5.46. The summed E-state index contributed by atoms with van der Waals surface area (Å²) in [6.07, 6.45) is 0. The first-order chi connectivity index (χ1) is 9.36. The van der Waals surface area contributed by atoms with Crippen LogP contribution in [0.1, 0.15) is 10.4 Å². The Morgan fingerprint density at radius 2 is 1.60 bits per heavy atom. The van der Waals surface area contributed by atoms with Gasteiger partial charge in [-0.25, -0.2) is 8.78 Å². The van der Waals surface area contributed by atoms with Gasteiger partial charge < -0.3 is 15.5 Å². The van der Waals surface area contributed by atoms with Gasteiger partial charge in [-0.2, -0.15) is 0 Å². The van der Waals surface area contributed by atoms with E-state index in [0.29, 0.717) is 0 Å². The van der Waals surface area contributed by atoms with Crippen LogP contribution in [0.4, 0.5) is 14.5 Å². The third-order valence-corrected chi connectivity index (χ3v) is 3.03. The molecule has 3 N–H and O–H groups in total. The van der Waals surface area contributed by atoms with Crippen LogP contribution < -0.4 is 5.32 Å². The van der Waals surface area contributed by atoms with E-state index in [-0.39, 0.29) is 27.2 Å². The topological polar surface area (TPSA) is 69.6 Å². The zero-order valence-electron chi connectivity index (χ0n) is 9.82. The Kier molecular flexibility index (Phi) is 3.89. The van der Waals surface area contributed by atoms with Crippen LogP contribution in [0.25, 0.3) is 0 Å². The number of carbonyl (C=O) groups excluding carboxylic acids is 1. The number of phenolic OH excluding ortho intramolecular Hbond substituents is 2. The minimum atomic E-state index is -0.823. The highest BCUT2D eigenvalue weighted by Crippen LogP contribution is 2.25. The van der Waals surface area contributed by atoms with E-state index >= 15 is 0 Å². The molecule has 0 heterocycles. The number of benzene rings is 2. The number of phenols is 2. The fourth-order valence-corrected chi connectivity index (χ4v) is 1.85. The van der Waals surface area contributed by atoms with Crippen LogP contribution >= 0.6 is 15.9 Å². The fraction of sp³-hybridized carbons (Fsp3) is 0. The number of carbonyl (C=O) groups is 1. The van der Waals surface area contributed by atoms with Gasteiger partial charge >= 0.3 is 0 Å². The maximum atomic E-state index is 13.6. The Hall–Kier alpha value is -2.15. The number of nitrogens with one attached hydrogen (secondary N) is 1. The van der Waals surface area contributed by atoms with Crippen LogP contribution in [-0.4, -0.2) is 16.1 Å². The molecule has 2 rings (SSSR count). The number of anilines is 1. The molecule has 0 aliphatic carbocycles. The summed E-state index contributed by atoms with van der Waals surface area (Å²) >= 11 is 2.82. The zero-order valence-corrected chi connectivity index (χ0v) is 11.4. The minimum absolute atomic E-state index is 0.0667. The molecular weight excluding hydrogens is 336 g/mol. The molecule has 1 amide bonds. The first-order valence-electron chi connectivity index (χ1n) is 5.36. The maximum Gasteiger partial charge on any atom is 0.256 e. The van der Waals surface area contributed by atoms with Crippen molar-refractivity contribution in [3.05, 3.63) is 52.0 Å². The van der Waals surface area contributed by atoms with Crippen molar-refractivity contribution in [3.8, 4) is 11.5 Å². The normalized spacial score (nSPS) is 10.3. The molecule has 0 saturated carbocycles. The lowest BCUT2D eigenvalue weighted by Gasteiger charge is -2.08. The van der Waals surface area contributed by atoms with Gasteiger partial charge in [0, 0.05) is 17.7 Å². The molecule has 0 saturated heterocycles. The van der Waals surface area contributed by atoms with Crippen molar-refractivity contribution in [1.82, 2.24) is 0 Å². The summed E-state index contributed by atoms with van der Waals surface area (Å²) in [5.74, 6) is -3.00. The number of hydrogen-bond donors (Lipinski definition) is 3. The standard InChI is InChI=1S/C13H8BrF2NO3/c14-9-4-11(16)12(5-10(9)15)17-13(20)6-1-7(18)3-8(19)2-6/h1-5,18-19H,(H,17,20). The quantitative estimate of drug-likeness (QED) is 0.732. The second-order valence-electron chi connectivity index (χ2n) is 3.94. The molecule has 0 radical (unpaired) electrons. The summed E-state index contributed by atoms with van der Waals surface area (Å²) in [5.41, 5.74) is -0.441. The molecule has 7 heteroatoms. The summed E-state index contributed by atoms with van der Waals surface area (Å²) in [7, 11) is 0. The average molecular weight is 344 g/mol. The van der Waals surface area contributed by atoms with Gasteiger partial charge in [-0.05, 0) is 34.1 Å². The monoisotopic (exact) mass is 343 g/mol. The molecule has 0 atom stereocenters. The van der Waals surface area contributed by atoms with E-state index in [2.05, 4.69) is 21.2 Å². The Morgan fingerprint density at radius 1 is 1.00 bits per heavy atom. The van der Waals surface area contributed by atoms with Crippen LogP contribution in [0.3, 0.4) is 0 Å². The van der Waals surface area contributed by atoms with Crippen LogP contribution in [0.5, 0.6) is 11.5 Å². The molecule has 4 nitrogen and oxygen atoms in total. The molecule has 0 spiro atoms. The van der Waals surface area contributed by atoms with Crippen molar-refractivity contribution in [2.24, 2.45) is 0 Å². The van der Waals surface area contributed by atoms with E-state index in [1.54, 1.807) is 0 Å². The third kappa shape index (κ3) is 3.05. The van der Waals surface area contributed by atoms with Crippen molar-refractivity contribution >= 4 is 27.5 Å². The van der Waals surface area contributed by atoms with E-state index in [1.807, 2.05) is 0 Å². The van der Waals surface area contributed by atoms with Crippen molar-refractivity contribution in [2.45, 2.75) is 0 Å². The van der Waals surface area contributed by atoms with Gasteiger partial charge in [0.25, 0.3) is 5.91 Å². The lowest BCUT2D eigenvalue weighted by Crippen LogP contribution is -2.13. The first-order valence-corrected chi connectivity index (χ1v) is 6.15. The van der Waals surface area contributed by atoms with E-state index in [0.717, 1.165) is 30.3 Å². The number of hydrogen-bond acceptors (Lipinski definition) is 3. The Balaban J connectivity index is 2.30. The number of rotatable bonds is 2. The molecule has 2 aromatic carbocycles. The molecule has 104 valence electrons. The summed E-state index contributed by atoms with van der Waals surface area (Å²) in [6.45, 7) is 0. The van der Waals surface area contributed by atoms with Gasteiger partial charge in [-0.3, -0.25) is 4.79 Å². The zero-order chi connectivity index (χ0) is 14.9. The predicted molar refractivity (Wildman–Crippen MR) is 71.8 cm³/mol. The number of amides is 1. The molecule has 0 aliphatic heterocycles. The van der Waals surface area contributed by atoms with Crippen LogP contribution in [-0.2, 0) is 0 Å². The average Bonchev–Trinajstić information content (AvgIpc) is 2.34. The summed E-state index contributed by atoms with van der Waals surface area (Å²) in [4.78, 5) is 11.8. The molecule has 0 aromatic heterocycles. The Labute approximate surface area is 120 Å². The van der Waals surface area contributed by atoms with Crippen LogP contribution in [0, 0.1) is 11.6 Å². The lowest BCUT2D eigenvalue weighted by atomic mass is 10.2. The van der Waals surface area contributed by atoms with Crippen LogP contribution in [0.2, 0.25) is 0 Å². The SMILES string of the molecule is O=C(Nc1cc(F)c(Br)cc1F)c1cc(O)cc(O)c1. The molecule has 2 aromatic rings. The summed E-state index contributed by atoms with van der Waals surface area (Å²) < 4.78 is 26.8. The van der Waals surface area contributed by atoms with Gasteiger partial charge in [-0.1, -0.05) is 0 Å². The lowest BCUT2D eigenvalue weighted by molar-refractivity contribution is 0.102. The second-order valence-corrected chi connectivity index (χ2v) is 4.79. The van der Waals surface area contributed by atoms with E-state index < -0.39 is 17.5 Å². The fourth-order valence-electron chi connectivity index (χ4n) is 1.54.